The molecule has 0 saturated heterocycles. The Labute approximate surface area is 168 Å². The number of para-hydroxylation sites is 1. The third kappa shape index (κ3) is 4.48. The van der Waals surface area contributed by atoms with Crippen molar-refractivity contribution in [1.82, 2.24) is 10.3 Å². The van der Waals surface area contributed by atoms with Gasteiger partial charge in [-0.3, -0.25) is 0 Å². The highest BCUT2D eigenvalue weighted by molar-refractivity contribution is 5.82. The number of aryl methyl sites for hydroxylation is 3. The van der Waals surface area contributed by atoms with Crippen LogP contribution >= 0.6 is 0 Å². The van der Waals surface area contributed by atoms with Gasteiger partial charge in [0.25, 0.3) is 0 Å². The first kappa shape index (κ1) is 19.2. The molecule has 1 aliphatic carbocycles. The van der Waals surface area contributed by atoms with Crippen LogP contribution in [0.2, 0.25) is 0 Å². The van der Waals surface area contributed by atoms with Crippen LogP contribution in [-0.4, -0.2) is 31.3 Å². The molecule has 1 heterocycles. The number of fused-ring (bicyclic) bond motifs is 2. The topological polar surface area (TPSA) is 37.0 Å². The van der Waals surface area contributed by atoms with E-state index in [1.807, 2.05) is 0 Å². The van der Waals surface area contributed by atoms with Crippen LogP contribution < -0.4 is 5.32 Å². The minimum atomic E-state index is 0.610. The molecule has 1 aliphatic rings. The highest BCUT2D eigenvalue weighted by atomic mass is 16.5. The van der Waals surface area contributed by atoms with Crippen LogP contribution in [0.15, 0.2) is 48.7 Å². The fourth-order valence-electron chi connectivity index (χ4n) is 4.60. The Bertz CT molecular complexity index is 898. The van der Waals surface area contributed by atoms with Crippen LogP contribution in [0.25, 0.3) is 10.9 Å². The van der Waals surface area contributed by atoms with E-state index in [0.717, 1.165) is 32.4 Å². The predicted molar refractivity (Wildman–Crippen MR) is 117 cm³/mol. The quantitative estimate of drug-likeness (QED) is 0.525. The van der Waals surface area contributed by atoms with Gasteiger partial charge in [-0.15, -0.1) is 0 Å². The van der Waals surface area contributed by atoms with Crippen molar-refractivity contribution in [3.05, 3.63) is 70.9 Å². The lowest BCUT2D eigenvalue weighted by atomic mass is 9.84. The molecule has 0 fully saturated rings. The van der Waals surface area contributed by atoms with E-state index < -0.39 is 0 Å². The standard InChI is InChI=1S/C25H32N2O/c1-28-16-6-10-19-7-4-8-20-13-14-22(17-24(19)20)26-15-5-9-21-18-27-25-12-3-2-11-23(21)25/h2-4,7-8,11-12,18,22,26-27H,5-6,9-10,13-17H2,1H3. The number of aromatic nitrogens is 1. The highest BCUT2D eigenvalue weighted by Gasteiger charge is 2.20. The Morgan fingerprint density at radius 3 is 2.86 bits per heavy atom. The lowest BCUT2D eigenvalue weighted by Crippen LogP contribution is -2.35. The number of rotatable bonds is 9. The molecule has 28 heavy (non-hydrogen) atoms. The van der Waals surface area contributed by atoms with Crippen molar-refractivity contribution in [3.8, 4) is 0 Å². The van der Waals surface area contributed by atoms with Gasteiger partial charge in [0.2, 0.25) is 0 Å². The molecule has 0 radical (unpaired) electrons. The summed E-state index contributed by atoms with van der Waals surface area (Å²) >= 11 is 0. The van der Waals surface area contributed by atoms with Crippen LogP contribution in [0.1, 0.15) is 41.5 Å². The zero-order valence-electron chi connectivity index (χ0n) is 17.0. The maximum atomic E-state index is 5.24. The molecule has 2 aromatic carbocycles. The number of hydrogen-bond donors (Lipinski definition) is 2. The van der Waals surface area contributed by atoms with E-state index in [1.54, 1.807) is 18.2 Å². The van der Waals surface area contributed by atoms with Crippen molar-refractivity contribution in [2.75, 3.05) is 20.3 Å². The molecule has 3 nitrogen and oxygen atoms in total. The summed E-state index contributed by atoms with van der Waals surface area (Å²) in [5.74, 6) is 0. The Morgan fingerprint density at radius 2 is 1.93 bits per heavy atom. The minimum Gasteiger partial charge on any atom is -0.385 e. The van der Waals surface area contributed by atoms with E-state index in [0.29, 0.717) is 6.04 Å². The molecular weight excluding hydrogens is 344 g/mol. The number of H-pyrrole nitrogens is 1. The number of nitrogens with one attached hydrogen (secondary N) is 2. The van der Waals surface area contributed by atoms with Crippen LogP contribution in [0, 0.1) is 0 Å². The maximum absolute atomic E-state index is 5.24. The Morgan fingerprint density at radius 1 is 1.04 bits per heavy atom. The average Bonchev–Trinajstić information content (AvgIpc) is 3.15. The van der Waals surface area contributed by atoms with Gasteiger partial charge in [-0.2, -0.15) is 0 Å². The van der Waals surface area contributed by atoms with Gasteiger partial charge in [0.15, 0.2) is 0 Å². The number of methoxy groups -OCH3 is 1. The summed E-state index contributed by atoms with van der Waals surface area (Å²) in [7, 11) is 1.79. The first-order chi connectivity index (χ1) is 13.8. The Hall–Kier alpha value is -2.10. The summed E-state index contributed by atoms with van der Waals surface area (Å²) in [4.78, 5) is 3.39. The molecular formula is C25H32N2O. The normalized spacial score (nSPS) is 16.4. The van der Waals surface area contributed by atoms with Gasteiger partial charge in [0.1, 0.15) is 0 Å². The molecule has 4 rings (SSSR count). The smallest absolute Gasteiger partial charge is 0.0465 e. The predicted octanol–water partition coefficient (Wildman–Crippen LogP) is 4.83. The second kappa shape index (κ2) is 9.40. The summed E-state index contributed by atoms with van der Waals surface area (Å²) in [6.45, 7) is 1.94. The van der Waals surface area contributed by atoms with Crippen molar-refractivity contribution in [3.63, 3.8) is 0 Å². The fourth-order valence-corrected chi connectivity index (χ4v) is 4.60. The van der Waals surface area contributed by atoms with Crippen molar-refractivity contribution >= 4 is 10.9 Å². The molecule has 0 amide bonds. The second-order valence-electron chi connectivity index (χ2n) is 8.01. The summed E-state index contributed by atoms with van der Waals surface area (Å²) in [5, 5.41) is 5.20. The molecule has 0 aliphatic heterocycles. The first-order valence-corrected chi connectivity index (χ1v) is 10.7. The zero-order valence-corrected chi connectivity index (χ0v) is 17.0. The van der Waals surface area contributed by atoms with E-state index >= 15 is 0 Å². The second-order valence-corrected chi connectivity index (χ2v) is 8.01. The number of benzene rings is 2. The maximum Gasteiger partial charge on any atom is 0.0465 e. The van der Waals surface area contributed by atoms with Gasteiger partial charge in [-0.1, -0.05) is 36.4 Å². The van der Waals surface area contributed by atoms with Crippen LogP contribution in [0.5, 0.6) is 0 Å². The minimum absolute atomic E-state index is 0.610. The van der Waals surface area contributed by atoms with Gasteiger partial charge in [-0.25, -0.2) is 0 Å². The molecule has 1 unspecified atom stereocenters. The lowest BCUT2D eigenvalue weighted by molar-refractivity contribution is 0.195. The molecule has 0 spiro atoms. The molecule has 0 saturated carbocycles. The van der Waals surface area contributed by atoms with E-state index in [-0.39, 0.29) is 0 Å². The molecule has 1 atom stereocenters. The molecule has 148 valence electrons. The van der Waals surface area contributed by atoms with Gasteiger partial charge in [-0.05, 0) is 79.8 Å². The van der Waals surface area contributed by atoms with Gasteiger partial charge in [0, 0.05) is 36.9 Å². The summed E-state index contributed by atoms with van der Waals surface area (Å²) < 4.78 is 5.24. The molecule has 1 aromatic heterocycles. The van der Waals surface area contributed by atoms with E-state index in [1.165, 1.54) is 47.7 Å². The summed E-state index contributed by atoms with van der Waals surface area (Å²) in [5.41, 5.74) is 7.37. The van der Waals surface area contributed by atoms with Gasteiger partial charge < -0.3 is 15.0 Å². The van der Waals surface area contributed by atoms with Crippen LogP contribution in [0.4, 0.5) is 0 Å². The van der Waals surface area contributed by atoms with Gasteiger partial charge >= 0.3 is 0 Å². The monoisotopic (exact) mass is 376 g/mol. The first-order valence-electron chi connectivity index (χ1n) is 10.7. The summed E-state index contributed by atoms with van der Waals surface area (Å²) in [6.07, 6.45) is 10.3. The van der Waals surface area contributed by atoms with Crippen LogP contribution in [-0.2, 0) is 30.4 Å². The molecule has 0 bridgehead atoms. The van der Waals surface area contributed by atoms with Crippen molar-refractivity contribution < 1.29 is 4.74 Å². The number of aromatic amines is 1. The van der Waals surface area contributed by atoms with E-state index in [9.17, 15) is 0 Å². The summed E-state index contributed by atoms with van der Waals surface area (Å²) in [6, 6.07) is 16.1. The highest BCUT2D eigenvalue weighted by Crippen LogP contribution is 2.26. The SMILES string of the molecule is COCCCc1cccc2c1CC(NCCCc1c[nH]c3ccccc13)CC2. The van der Waals surface area contributed by atoms with Gasteiger partial charge in [0.05, 0.1) is 0 Å². The Balaban J connectivity index is 1.29. The largest absolute Gasteiger partial charge is 0.385 e. The van der Waals surface area contributed by atoms with Crippen molar-refractivity contribution in [2.45, 2.75) is 51.0 Å². The number of ether oxygens (including phenoxy) is 1. The molecule has 3 heteroatoms. The van der Waals surface area contributed by atoms with E-state index in [4.69, 9.17) is 4.74 Å². The third-order valence-electron chi connectivity index (χ3n) is 6.11. The molecule has 2 N–H and O–H groups in total. The lowest BCUT2D eigenvalue weighted by Gasteiger charge is -2.27. The third-order valence-corrected chi connectivity index (χ3v) is 6.11. The van der Waals surface area contributed by atoms with E-state index in [2.05, 4.69) is 59.0 Å². The fraction of sp³-hybridized carbons (Fsp3) is 0.440. The van der Waals surface area contributed by atoms with Crippen LogP contribution in [0.3, 0.4) is 0 Å². The molecule has 3 aromatic rings. The van der Waals surface area contributed by atoms with Crippen molar-refractivity contribution in [2.24, 2.45) is 0 Å². The average molecular weight is 377 g/mol. The number of hydrogen-bond acceptors (Lipinski definition) is 2. The Kier molecular flexibility index (Phi) is 6.45. The zero-order chi connectivity index (χ0) is 19.2. The van der Waals surface area contributed by atoms with Crippen molar-refractivity contribution in [1.29, 1.82) is 0 Å².